The predicted molar refractivity (Wildman–Crippen MR) is 194 cm³/mol. The average molecular weight is 714 g/mol. The van der Waals surface area contributed by atoms with Crippen molar-refractivity contribution >= 4 is 37.1 Å². The number of rotatable bonds is 13. The molecule has 0 radical (unpaired) electrons. The molecule has 268 valence electrons. The molecule has 3 N–H and O–H groups in total. The zero-order valence-electron chi connectivity index (χ0n) is 29.0. The minimum Gasteiger partial charge on any atom is -0.438 e. The van der Waals surface area contributed by atoms with Crippen LogP contribution in [0, 0.1) is 11.3 Å². The lowest BCUT2D eigenvalue weighted by atomic mass is 9.98. The Morgan fingerprint density at radius 2 is 1.65 bits per heavy atom. The Hall–Kier alpha value is -4.70. The monoisotopic (exact) mass is 713 g/mol. The van der Waals surface area contributed by atoms with E-state index < -0.39 is 44.7 Å². The van der Waals surface area contributed by atoms with Gasteiger partial charge in [0, 0.05) is 34.8 Å². The number of esters is 1. The Bertz CT molecular complexity index is 1900. The van der Waals surface area contributed by atoms with Crippen LogP contribution in [0.4, 0.5) is 4.79 Å². The molecule has 1 aromatic heterocycles. The Kier molecular flexibility index (Phi) is 11.4. The molecule has 1 fully saturated rings. The summed E-state index contributed by atoms with van der Waals surface area (Å²) in [5, 5.41) is 7.08. The number of nitrogens with one attached hydrogen (secondary N) is 3. The highest BCUT2D eigenvalue weighted by Crippen LogP contribution is 2.45. The van der Waals surface area contributed by atoms with E-state index in [4.69, 9.17) is 18.5 Å². The van der Waals surface area contributed by atoms with Gasteiger partial charge in [-0.25, -0.2) is 4.79 Å². The number of hydrogen-bond donors (Lipinski definition) is 3. The summed E-state index contributed by atoms with van der Waals surface area (Å²) < 4.78 is 34.3. The molecule has 6 rings (SSSR count). The number of carbonyl (C=O) groups excluding carboxylic acids is 3. The fourth-order valence-corrected chi connectivity index (χ4v) is 7.17. The van der Waals surface area contributed by atoms with Crippen molar-refractivity contribution in [2.24, 2.45) is 11.3 Å². The van der Waals surface area contributed by atoms with Gasteiger partial charge in [0.05, 0.1) is 24.0 Å². The van der Waals surface area contributed by atoms with E-state index in [0.29, 0.717) is 25.8 Å². The normalized spacial score (nSPS) is 17.5. The number of alkyl carbamates (subject to hydrolysis) is 1. The molecule has 11 nitrogen and oxygen atoms in total. The van der Waals surface area contributed by atoms with Gasteiger partial charge in [0.1, 0.15) is 0 Å². The summed E-state index contributed by atoms with van der Waals surface area (Å²) in [7, 11) is -3.10. The quantitative estimate of drug-likeness (QED) is 0.0563. The molecular formula is C39H44N3O8P. The van der Waals surface area contributed by atoms with Crippen molar-refractivity contribution in [1.82, 2.24) is 15.6 Å². The number of benzene rings is 3. The molecule has 1 heterocycles. The van der Waals surface area contributed by atoms with Crippen LogP contribution in [-0.4, -0.2) is 48.9 Å². The Balaban J connectivity index is 1.12. The molecule has 1 saturated carbocycles. The van der Waals surface area contributed by atoms with Gasteiger partial charge < -0.3 is 29.6 Å². The minimum absolute atomic E-state index is 0.0856. The summed E-state index contributed by atoms with van der Waals surface area (Å²) in [5.41, 5.74) is 6.05. The molecule has 2 amide bonds. The summed E-state index contributed by atoms with van der Waals surface area (Å²) in [6.45, 7) is 4.81. The number of aromatic amines is 1. The van der Waals surface area contributed by atoms with Crippen LogP contribution < -0.4 is 10.6 Å². The van der Waals surface area contributed by atoms with Crippen molar-refractivity contribution in [3.63, 3.8) is 0 Å². The van der Waals surface area contributed by atoms with Gasteiger partial charge in [0.15, 0.2) is 6.10 Å². The van der Waals surface area contributed by atoms with Gasteiger partial charge in [-0.2, -0.15) is 0 Å². The summed E-state index contributed by atoms with van der Waals surface area (Å²) in [4.78, 5) is 42.2. The van der Waals surface area contributed by atoms with Crippen LogP contribution in [0.2, 0.25) is 0 Å². The van der Waals surface area contributed by atoms with E-state index >= 15 is 0 Å². The van der Waals surface area contributed by atoms with E-state index in [9.17, 15) is 18.9 Å². The Labute approximate surface area is 298 Å². The predicted octanol–water partition coefficient (Wildman–Crippen LogP) is 7.39. The van der Waals surface area contributed by atoms with Gasteiger partial charge in [0.25, 0.3) is 0 Å². The SMILES string of the molecule is CC(C)(C)C(=O)OCO[PH](=O)OC[C@H](/C=C1/CCC[C@H]1C(=O)NCCc1c[nH]c2ccccc12)NC(=O)OC1c2ccccc2-c2ccccc21. The molecule has 2 aliphatic rings. The second-order valence-electron chi connectivity index (χ2n) is 13.8. The van der Waals surface area contributed by atoms with Gasteiger partial charge in [-0.1, -0.05) is 78.4 Å². The zero-order chi connectivity index (χ0) is 36.0. The number of amides is 2. The zero-order valence-corrected chi connectivity index (χ0v) is 30.0. The van der Waals surface area contributed by atoms with Crippen LogP contribution in [0.3, 0.4) is 0 Å². The molecule has 4 aromatic rings. The Morgan fingerprint density at radius 3 is 2.37 bits per heavy atom. The van der Waals surface area contributed by atoms with Gasteiger partial charge >= 0.3 is 20.3 Å². The number of hydrogen-bond acceptors (Lipinski definition) is 8. The van der Waals surface area contributed by atoms with Crippen LogP contribution in [0.5, 0.6) is 0 Å². The lowest BCUT2D eigenvalue weighted by Gasteiger charge is -2.21. The van der Waals surface area contributed by atoms with E-state index in [2.05, 4.69) is 21.7 Å². The van der Waals surface area contributed by atoms with Crippen molar-refractivity contribution < 1.29 is 37.5 Å². The summed E-state index contributed by atoms with van der Waals surface area (Å²) in [6.07, 6.45) is 5.26. The van der Waals surface area contributed by atoms with Crippen molar-refractivity contribution in [1.29, 1.82) is 0 Å². The summed E-state index contributed by atoms with van der Waals surface area (Å²) >= 11 is 0. The van der Waals surface area contributed by atoms with Crippen molar-refractivity contribution in [3.05, 3.63) is 107 Å². The van der Waals surface area contributed by atoms with Crippen LogP contribution in [0.25, 0.3) is 22.0 Å². The maximum absolute atomic E-state index is 13.5. The Morgan fingerprint density at radius 1 is 0.961 bits per heavy atom. The molecule has 0 aliphatic heterocycles. The highest BCUT2D eigenvalue weighted by molar-refractivity contribution is 7.33. The number of aromatic nitrogens is 1. The van der Waals surface area contributed by atoms with Gasteiger partial charge in [0.2, 0.25) is 12.7 Å². The summed E-state index contributed by atoms with van der Waals surface area (Å²) in [5.74, 6) is -0.976. The molecular weight excluding hydrogens is 669 g/mol. The number of para-hydroxylation sites is 1. The van der Waals surface area contributed by atoms with E-state index in [1.165, 1.54) is 0 Å². The van der Waals surface area contributed by atoms with Crippen LogP contribution in [0.15, 0.2) is 90.6 Å². The topological polar surface area (TPSA) is 145 Å². The first-order valence-electron chi connectivity index (χ1n) is 17.2. The first-order valence-corrected chi connectivity index (χ1v) is 18.5. The highest BCUT2D eigenvalue weighted by Gasteiger charge is 2.33. The average Bonchev–Trinajstić information content (AvgIpc) is 3.83. The van der Waals surface area contributed by atoms with Crippen molar-refractivity contribution in [2.75, 3.05) is 19.9 Å². The molecule has 0 spiro atoms. The molecule has 3 aromatic carbocycles. The van der Waals surface area contributed by atoms with Crippen LogP contribution >= 0.6 is 8.25 Å². The lowest BCUT2D eigenvalue weighted by Crippen LogP contribution is -2.38. The molecule has 2 aliphatic carbocycles. The number of H-pyrrole nitrogens is 1. The van der Waals surface area contributed by atoms with Crippen molar-refractivity contribution in [2.45, 2.75) is 58.6 Å². The number of carbonyl (C=O) groups is 3. The highest BCUT2D eigenvalue weighted by atomic mass is 31.1. The van der Waals surface area contributed by atoms with E-state index in [-0.39, 0.29) is 18.4 Å². The first-order chi connectivity index (χ1) is 24.6. The third-order valence-corrected chi connectivity index (χ3v) is 9.93. The largest absolute Gasteiger partial charge is 0.438 e. The lowest BCUT2D eigenvalue weighted by molar-refractivity contribution is -0.159. The van der Waals surface area contributed by atoms with Crippen LogP contribution in [-0.2, 0) is 39.1 Å². The second-order valence-corrected chi connectivity index (χ2v) is 14.9. The number of ether oxygens (including phenoxy) is 2. The van der Waals surface area contributed by atoms with E-state index in [0.717, 1.165) is 50.7 Å². The molecule has 3 atom stereocenters. The smallest absolute Gasteiger partial charge is 0.408 e. The molecule has 0 bridgehead atoms. The minimum atomic E-state index is -3.10. The standard InChI is InChI=1S/C39H44N3O8P/c1-39(2,3)37(44)47-24-49-51(46)48-23-27(42-38(45)50-35-32-15-6-4-13-30(32)31-14-5-7-16-33(31)35)21-25-11-10-17-29(25)36(43)40-20-19-26-22-41-34-18-9-8-12-28(26)34/h4-9,12-16,18,21-22,27,29,35,41,51H,10-11,17,19-20,23-24H2,1-3H3,(H,40,43)(H,42,45)/b25-21-/t27-,29+/m0/s1. The van der Waals surface area contributed by atoms with E-state index in [1.54, 1.807) is 26.8 Å². The molecule has 51 heavy (non-hydrogen) atoms. The van der Waals surface area contributed by atoms with Crippen LogP contribution in [0.1, 0.15) is 62.8 Å². The third kappa shape index (κ3) is 8.79. The van der Waals surface area contributed by atoms with Gasteiger partial charge in [-0.05, 0) is 69.2 Å². The fraction of sp³-hybridized carbons (Fsp3) is 0.359. The fourth-order valence-electron chi connectivity index (χ4n) is 6.62. The third-order valence-electron chi connectivity index (χ3n) is 9.17. The molecule has 1 unspecified atom stereocenters. The maximum Gasteiger partial charge on any atom is 0.408 e. The molecule has 12 heteroatoms. The first kappa shape index (κ1) is 36.1. The van der Waals surface area contributed by atoms with Gasteiger partial charge in [-0.15, -0.1) is 0 Å². The number of fused-ring (bicyclic) bond motifs is 4. The van der Waals surface area contributed by atoms with Gasteiger partial charge in [-0.3, -0.25) is 18.7 Å². The van der Waals surface area contributed by atoms with Crippen molar-refractivity contribution in [3.8, 4) is 11.1 Å². The molecule has 0 saturated heterocycles. The maximum atomic E-state index is 13.5. The van der Waals surface area contributed by atoms with E-state index in [1.807, 2.05) is 72.9 Å². The second kappa shape index (κ2) is 16.1. The summed E-state index contributed by atoms with van der Waals surface area (Å²) in [6, 6.07) is 22.8.